The topological polar surface area (TPSA) is 64.8 Å². The van der Waals surface area contributed by atoms with Crippen molar-refractivity contribution in [3.63, 3.8) is 0 Å². The molecule has 2 aromatic heterocycles. The molecule has 154 valence electrons. The maximum atomic E-state index is 13.3. The molecule has 0 aromatic carbocycles. The quantitative estimate of drug-likeness (QED) is 0.819. The van der Waals surface area contributed by atoms with E-state index in [2.05, 4.69) is 48.6 Å². The van der Waals surface area contributed by atoms with Crippen LogP contribution >= 0.6 is 0 Å². The van der Waals surface area contributed by atoms with E-state index in [1.165, 1.54) is 16.7 Å². The minimum absolute atomic E-state index is 0.244. The van der Waals surface area contributed by atoms with Crippen molar-refractivity contribution in [3.8, 4) is 11.4 Å². The second kappa shape index (κ2) is 7.36. The van der Waals surface area contributed by atoms with Gasteiger partial charge in [0, 0.05) is 23.3 Å². The Hall–Kier alpha value is -2.56. The summed E-state index contributed by atoms with van der Waals surface area (Å²) in [6.07, 6.45) is 11.1. The normalized spacial score (nSPS) is 19.0. The largest absolute Gasteiger partial charge is 0.354 e. The summed E-state index contributed by atoms with van der Waals surface area (Å²) in [5.74, 6) is 0.244. The molecule has 0 spiro atoms. The van der Waals surface area contributed by atoms with Crippen LogP contribution in [0.15, 0.2) is 17.5 Å². The molecule has 2 aromatic rings. The van der Waals surface area contributed by atoms with Gasteiger partial charge in [-0.1, -0.05) is 33.3 Å². The lowest BCUT2D eigenvalue weighted by Crippen LogP contribution is -2.35. The van der Waals surface area contributed by atoms with Crippen LogP contribution in [-0.4, -0.2) is 33.0 Å². The Balaban J connectivity index is 1.91. The van der Waals surface area contributed by atoms with Gasteiger partial charge in [-0.15, -0.1) is 0 Å². The average molecular weight is 393 g/mol. The van der Waals surface area contributed by atoms with Crippen LogP contribution < -0.4 is 10.6 Å². The number of amides is 1. The highest BCUT2D eigenvalue weighted by Crippen LogP contribution is 2.46. The third kappa shape index (κ3) is 2.90. The third-order valence-electron chi connectivity index (χ3n) is 6.88. The average Bonchev–Trinajstić information content (AvgIpc) is 3.29. The monoisotopic (exact) mass is 392 g/mol. The fourth-order valence-corrected chi connectivity index (χ4v) is 5.43. The Morgan fingerprint density at radius 1 is 1.24 bits per heavy atom. The fourth-order valence-electron chi connectivity index (χ4n) is 5.43. The lowest BCUT2D eigenvalue weighted by atomic mass is 9.74. The van der Waals surface area contributed by atoms with Gasteiger partial charge >= 0.3 is 0 Å². The summed E-state index contributed by atoms with van der Waals surface area (Å²) in [7, 11) is 1.92. The summed E-state index contributed by atoms with van der Waals surface area (Å²) in [6.45, 7) is 10.8. The van der Waals surface area contributed by atoms with Crippen LogP contribution in [-0.2, 0) is 17.6 Å². The number of hydrogen-bond donors (Lipinski definition) is 2. The minimum Gasteiger partial charge on any atom is -0.354 e. The number of allylic oxidation sites excluding steroid dienone is 1. The molecule has 29 heavy (non-hydrogen) atoms. The number of aromatic nitrogens is 3. The van der Waals surface area contributed by atoms with Crippen molar-refractivity contribution in [1.29, 1.82) is 0 Å². The van der Waals surface area contributed by atoms with Crippen molar-refractivity contribution in [2.75, 3.05) is 7.05 Å². The number of nitrogens with one attached hydrogen (secondary N) is 2. The van der Waals surface area contributed by atoms with Crippen LogP contribution in [0.25, 0.3) is 24.0 Å². The summed E-state index contributed by atoms with van der Waals surface area (Å²) < 4.78 is 0. The molecule has 0 saturated heterocycles. The van der Waals surface area contributed by atoms with Crippen LogP contribution in [0.5, 0.6) is 0 Å². The van der Waals surface area contributed by atoms with Crippen molar-refractivity contribution in [2.45, 2.75) is 65.7 Å². The van der Waals surface area contributed by atoms with Crippen molar-refractivity contribution < 1.29 is 4.79 Å². The Kier molecular flexibility index (Phi) is 5.01. The number of rotatable bonds is 5. The molecule has 5 nitrogen and oxygen atoms in total. The van der Waals surface area contributed by atoms with Crippen LogP contribution in [0, 0.1) is 5.41 Å². The zero-order valence-corrected chi connectivity index (χ0v) is 18.1. The van der Waals surface area contributed by atoms with Gasteiger partial charge in [0.1, 0.15) is 0 Å². The highest BCUT2D eigenvalue weighted by atomic mass is 16.2. The number of hydrogen-bond acceptors (Lipinski definition) is 2. The summed E-state index contributed by atoms with van der Waals surface area (Å²) in [6, 6.07) is 0. The lowest BCUT2D eigenvalue weighted by Gasteiger charge is -2.28. The van der Waals surface area contributed by atoms with E-state index in [1.54, 1.807) is 0 Å². The van der Waals surface area contributed by atoms with Gasteiger partial charge in [0.25, 0.3) is 0 Å². The van der Waals surface area contributed by atoms with Gasteiger partial charge in [-0.2, -0.15) is 5.10 Å². The third-order valence-corrected chi connectivity index (χ3v) is 6.88. The van der Waals surface area contributed by atoms with Crippen LogP contribution in [0.2, 0.25) is 0 Å². The van der Waals surface area contributed by atoms with E-state index in [4.69, 9.17) is 0 Å². The summed E-state index contributed by atoms with van der Waals surface area (Å²) in [5.41, 5.74) is 6.61. The molecule has 0 unspecified atom stereocenters. The molecule has 0 bridgehead atoms. The number of fused-ring (bicyclic) bond motifs is 3. The predicted molar refractivity (Wildman–Crippen MR) is 117 cm³/mol. The van der Waals surface area contributed by atoms with Gasteiger partial charge in [0.15, 0.2) is 0 Å². The molecule has 1 aliphatic carbocycles. The van der Waals surface area contributed by atoms with Gasteiger partial charge in [-0.05, 0) is 61.8 Å². The zero-order valence-electron chi connectivity index (χ0n) is 18.1. The van der Waals surface area contributed by atoms with E-state index in [1.807, 2.05) is 18.1 Å². The lowest BCUT2D eigenvalue weighted by molar-refractivity contribution is -0.135. The molecule has 1 amide bonds. The van der Waals surface area contributed by atoms with Crippen LogP contribution in [0.3, 0.4) is 0 Å². The molecule has 1 aliphatic heterocycles. The molecule has 0 saturated carbocycles. The van der Waals surface area contributed by atoms with Crippen molar-refractivity contribution >= 4 is 18.6 Å². The van der Waals surface area contributed by atoms with Crippen LogP contribution in [0.1, 0.15) is 64.0 Å². The smallest absolute Gasteiger partial charge is 0.237 e. The number of aromatic amines is 2. The maximum Gasteiger partial charge on any atom is 0.237 e. The van der Waals surface area contributed by atoms with Crippen molar-refractivity contribution in [3.05, 3.63) is 39.2 Å². The molecule has 0 fully saturated rings. The van der Waals surface area contributed by atoms with Crippen molar-refractivity contribution in [2.24, 2.45) is 5.41 Å². The highest BCUT2D eigenvalue weighted by molar-refractivity contribution is 5.93. The zero-order chi connectivity index (χ0) is 20.8. The molecule has 2 N–H and O–H groups in total. The van der Waals surface area contributed by atoms with E-state index in [-0.39, 0.29) is 11.3 Å². The molecule has 2 aliphatic rings. The number of H-pyrrole nitrogens is 2. The van der Waals surface area contributed by atoms with E-state index < -0.39 is 0 Å². The summed E-state index contributed by atoms with van der Waals surface area (Å²) >= 11 is 0. The Morgan fingerprint density at radius 2 is 1.97 bits per heavy atom. The second-order valence-corrected chi connectivity index (χ2v) is 8.60. The molecule has 0 radical (unpaired) electrons. The first-order valence-electron chi connectivity index (χ1n) is 10.9. The second-order valence-electron chi connectivity index (χ2n) is 8.60. The Bertz CT molecular complexity index is 1080. The standard InChI is InChI=1S/C24H32N4O/c1-6-11-24(12-7-2)15(3)20(28(5)23(24)29)13-19-16(4)26-22-18(19)10-8-9-17-14-25-27-21(17)22/h13-14,26H,4,6-12H2,1-3,5H3,(H,25,27)/b19-13+. The first kappa shape index (κ1) is 19.7. The van der Waals surface area contributed by atoms with E-state index in [0.29, 0.717) is 0 Å². The van der Waals surface area contributed by atoms with E-state index >= 15 is 0 Å². The molecule has 3 heterocycles. The van der Waals surface area contributed by atoms with Gasteiger partial charge in [0.05, 0.1) is 23.0 Å². The first-order valence-corrected chi connectivity index (χ1v) is 10.9. The Morgan fingerprint density at radius 3 is 2.66 bits per heavy atom. The number of nitrogens with zero attached hydrogens (tertiary/aromatic N) is 2. The molecular weight excluding hydrogens is 360 g/mol. The van der Waals surface area contributed by atoms with Crippen molar-refractivity contribution in [1.82, 2.24) is 20.1 Å². The van der Waals surface area contributed by atoms with E-state index in [0.717, 1.165) is 72.6 Å². The molecular formula is C24H32N4O. The molecule has 0 atom stereocenters. The number of aryl methyl sites for hydroxylation is 1. The van der Waals surface area contributed by atoms with Crippen LogP contribution in [0.4, 0.5) is 0 Å². The van der Waals surface area contributed by atoms with Gasteiger partial charge in [-0.25, -0.2) is 0 Å². The van der Waals surface area contributed by atoms with E-state index in [9.17, 15) is 4.79 Å². The van der Waals surface area contributed by atoms with Gasteiger partial charge < -0.3 is 9.88 Å². The molecule has 4 rings (SSSR count). The van der Waals surface area contributed by atoms with Gasteiger partial charge in [-0.3, -0.25) is 9.89 Å². The SMILES string of the molecule is C=c1[nH]c2c(/c1=C/C1=C(C)C(CCC)(CCC)C(=O)N1C)CCCc1cn[nH]c1-2. The minimum atomic E-state index is -0.352. The summed E-state index contributed by atoms with van der Waals surface area (Å²) in [4.78, 5) is 18.7. The maximum absolute atomic E-state index is 13.3. The first-order chi connectivity index (χ1) is 13.9. The summed E-state index contributed by atoms with van der Waals surface area (Å²) in [5, 5.41) is 9.43. The fraction of sp³-hybridized carbons (Fsp3) is 0.500. The number of carbonyl (C=O) groups excluding carboxylic acids is 1. The highest BCUT2D eigenvalue weighted by Gasteiger charge is 2.47. The predicted octanol–water partition coefficient (Wildman–Crippen LogP) is 3.42. The Labute approximate surface area is 172 Å². The number of carbonyl (C=O) groups is 1. The molecule has 5 heteroatoms. The van der Waals surface area contributed by atoms with Gasteiger partial charge in [0.2, 0.25) is 5.91 Å².